The van der Waals surface area contributed by atoms with Gasteiger partial charge in [-0.15, -0.1) is 0 Å². The van der Waals surface area contributed by atoms with Gasteiger partial charge < -0.3 is 20.1 Å². The number of carbonyl (C=O) groups excluding carboxylic acids is 1. The summed E-state index contributed by atoms with van der Waals surface area (Å²) in [6.45, 7) is 10.5. The van der Waals surface area contributed by atoms with Crippen molar-refractivity contribution in [2.45, 2.75) is 52.6 Å². The Morgan fingerprint density at radius 3 is 2.43 bits per heavy atom. The third-order valence-corrected chi connectivity index (χ3v) is 4.04. The van der Waals surface area contributed by atoms with Crippen molar-refractivity contribution in [1.29, 1.82) is 0 Å². The minimum Gasteiger partial charge on any atom is -0.361 e. The summed E-state index contributed by atoms with van der Waals surface area (Å²) in [5.41, 5.74) is 1.70. The molecule has 1 aromatic heterocycles. The second kappa shape index (κ2) is 6.93. The van der Waals surface area contributed by atoms with Crippen molar-refractivity contribution >= 4 is 6.03 Å². The molecule has 6 heteroatoms. The largest absolute Gasteiger partial charge is 0.361 e. The molecule has 0 aliphatic heterocycles. The van der Waals surface area contributed by atoms with Crippen LogP contribution in [-0.4, -0.2) is 42.3 Å². The zero-order chi connectivity index (χ0) is 16.2. The molecule has 0 aliphatic carbocycles. The quantitative estimate of drug-likeness (QED) is 0.845. The van der Waals surface area contributed by atoms with Gasteiger partial charge in [-0.05, 0) is 48.2 Å². The number of aryl methyl sites for hydroxylation is 2. The van der Waals surface area contributed by atoms with Crippen molar-refractivity contribution in [3.63, 3.8) is 0 Å². The number of carbonyl (C=O) groups is 1. The van der Waals surface area contributed by atoms with E-state index in [1.807, 2.05) is 34.9 Å². The minimum absolute atomic E-state index is 0.0845. The first-order valence-electron chi connectivity index (χ1n) is 7.33. The highest BCUT2D eigenvalue weighted by Gasteiger charge is 2.23. The highest BCUT2D eigenvalue weighted by atomic mass is 16.5. The molecule has 0 fully saturated rings. The molecule has 0 saturated heterocycles. The Labute approximate surface area is 127 Å². The van der Waals surface area contributed by atoms with Gasteiger partial charge in [-0.2, -0.15) is 0 Å². The topological polar surface area (TPSA) is 70.4 Å². The molecule has 1 atom stereocenters. The molecular formula is C15H28N4O2. The molecule has 0 spiro atoms. The molecule has 6 nitrogen and oxygen atoms in total. The van der Waals surface area contributed by atoms with Gasteiger partial charge in [0, 0.05) is 17.6 Å². The van der Waals surface area contributed by atoms with Gasteiger partial charge in [-0.3, -0.25) is 0 Å². The van der Waals surface area contributed by atoms with E-state index in [9.17, 15) is 4.79 Å². The molecule has 2 N–H and O–H groups in total. The summed E-state index contributed by atoms with van der Waals surface area (Å²) in [4.78, 5) is 14.2. The molecule has 0 saturated carbocycles. The summed E-state index contributed by atoms with van der Waals surface area (Å²) in [6.07, 6.45) is 0.785. The van der Waals surface area contributed by atoms with Crippen molar-refractivity contribution in [1.82, 2.24) is 20.7 Å². The second-order valence-electron chi connectivity index (χ2n) is 6.23. The van der Waals surface area contributed by atoms with E-state index < -0.39 is 0 Å². The fraction of sp³-hybridized carbons (Fsp3) is 0.733. The van der Waals surface area contributed by atoms with E-state index in [-0.39, 0.29) is 17.6 Å². The van der Waals surface area contributed by atoms with Gasteiger partial charge in [0.25, 0.3) is 0 Å². The standard InChI is InChI=1S/C15H28N4O2/c1-8-12(13-10(2)18-21-11(13)3)17-14(20)16-9-15(4,5)19(6)7/h12H,8-9H2,1-7H3,(H2,16,17,20). The van der Waals surface area contributed by atoms with Gasteiger partial charge >= 0.3 is 6.03 Å². The second-order valence-corrected chi connectivity index (χ2v) is 6.23. The van der Waals surface area contributed by atoms with Crippen molar-refractivity contribution in [3.05, 3.63) is 17.0 Å². The third kappa shape index (κ3) is 4.46. The van der Waals surface area contributed by atoms with Crippen molar-refractivity contribution in [2.24, 2.45) is 0 Å². The first-order chi connectivity index (χ1) is 9.69. The molecule has 21 heavy (non-hydrogen) atoms. The lowest BCUT2D eigenvalue weighted by atomic mass is 10.0. The number of likely N-dealkylation sites (N-methyl/N-ethyl adjacent to an activating group) is 1. The van der Waals surface area contributed by atoms with E-state index in [0.29, 0.717) is 6.54 Å². The first-order valence-corrected chi connectivity index (χ1v) is 7.33. The van der Waals surface area contributed by atoms with E-state index in [0.717, 1.165) is 23.4 Å². The van der Waals surface area contributed by atoms with E-state index in [2.05, 4.69) is 34.5 Å². The monoisotopic (exact) mass is 296 g/mol. The molecule has 0 aromatic carbocycles. The highest BCUT2D eigenvalue weighted by Crippen LogP contribution is 2.23. The molecule has 1 aromatic rings. The fourth-order valence-electron chi connectivity index (χ4n) is 2.03. The molecule has 1 heterocycles. The Morgan fingerprint density at radius 1 is 1.38 bits per heavy atom. The number of hydrogen-bond donors (Lipinski definition) is 2. The molecule has 1 unspecified atom stereocenters. The fourth-order valence-corrected chi connectivity index (χ4v) is 2.03. The maximum Gasteiger partial charge on any atom is 0.315 e. The maximum absolute atomic E-state index is 12.1. The summed E-state index contributed by atoms with van der Waals surface area (Å²) in [7, 11) is 4.00. The minimum atomic E-state index is -0.170. The Hall–Kier alpha value is -1.56. The molecule has 1 rings (SSSR count). The lowest BCUT2D eigenvalue weighted by Gasteiger charge is -2.32. The number of nitrogens with zero attached hydrogens (tertiary/aromatic N) is 2. The number of rotatable bonds is 6. The third-order valence-electron chi connectivity index (χ3n) is 4.04. The number of hydrogen-bond acceptors (Lipinski definition) is 4. The zero-order valence-corrected chi connectivity index (χ0v) is 14.2. The smallest absolute Gasteiger partial charge is 0.315 e. The van der Waals surface area contributed by atoms with Crippen LogP contribution >= 0.6 is 0 Å². The van der Waals surface area contributed by atoms with Crippen molar-refractivity contribution < 1.29 is 9.32 Å². The van der Waals surface area contributed by atoms with E-state index >= 15 is 0 Å². The average molecular weight is 296 g/mol. The summed E-state index contributed by atoms with van der Waals surface area (Å²) in [6, 6.07) is -0.254. The highest BCUT2D eigenvalue weighted by molar-refractivity contribution is 5.74. The Bertz CT molecular complexity index is 461. The number of nitrogens with one attached hydrogen (secondary N) is 2. The molecule has 0 bridgehead atoms. The van der Waals surface area contributed by atoms with Crippen LogP contribution in [0.5, 0.6) is 0 Å². The van der Waals surface area contributed by atoms with E-state index in [1.54, 1.807) is 0 Å². The number of urea groups is 1. The van der Waals surface area contributed by atoms with Crippen LogP contribution in [0, 0.1) is 13.8 Å². The lowest BCUT2D eigenvalue weighted by Crippen LogP contribution is -2.50. The van der Waals surface area contributed by atoms with Gasteiger partial charge in [0.05, 0.1) is 11.7 Å². The van der Waals surface area contributed by atoms with Crippen LogP contribution in [-0.2, 0) is 0 Å². The van der Waals surface area contributed by atoms with Crippen LogP contribution in [0.4, 0.5) is 4.79 Å². The van der Waals surface area contributed by atoms with Crippen LogP contribution in [0.2, 0.25) is 0 Å². The van der Waals surface area contributed by atoms with E-state index in [4.69, 9.17) is 4.52 Å². The summed E-state index contributed by atoms with van der Waals surface area (Å²) in [5, 5.41) is 9.87. The van der Waals surface area contributed by atoms with Crippen LogP contribution < -0.4 is 10.6 Å². The lowest BCUT2D eigenvalue weighted by molar-refractivity contribution is 0.185. The Morgan fingerprint density at radius 2 is 2.00 bits per heavy atom. The molecule has 0 aliphatic rings. The van der Waals surface area contributed by atoms with Crippen LogP contribution in [0.1, 0.15) is 50.3 Å². The van der Waals surface area contributed by atoms with Gasteiger partial charge in [-0.1, -0.05) is 12.1 Å². The van der Waals surface area contributed by atoms with Crippen LogP contribution in [0.25, 0.3) is 0 Å². The normalized spacial score (nSPS) is 13.3. The summed E-state index contributed by atoms with van der Waals surface area (Å²) < 4.78 is 5.18. The Balaban J connectivity index is 2.65. The van der Waals surface area contributed by atoms with Gasteiger partial charge in [-0.25, -0.2) is 4.79 Å². The predicted octanol–water partition coefficient (Wildman–Crippen LogP) is 2.38. The zero-order valence-electron chi connectivity index (χ0n) is 14.2. The average Bonchev–Trinajstić information content (AvgIpc) is 2.73. The SMILES string of the molecule is CCC(NC(=O)NCC(C)(C)N(C)C)c1c(C)noc1C. The van der Waals surface area contributed by atoms with Crippen molar-refractivity contribution in [3.8, 4) is 0 Å². The van der Waals surface area contributed by atoms with Crippen LogP contribution in [0.3, 0.4) is 0 Å². The van der Waals surface area contributed by atoms with Gasteiger partial charge in [0.15, 0.2) is 0 Å². The molecule has 120 valence electrons. The predicted molar refractivity (Wildman–Crippen MR) is 83.3 cm³/mol. The van der Waals surface area contributed by atoms with Gasteiger partial charge in [0.2, 0.25) is 0 Å². The molecule has 2 amide bonds. The molecule has 0 radical (unpaired) electrons. The first kappa shape index (κ1) is 17.5. The van der Waals surface area contributed by atoms with Gasteiger partial charge in [0.1, 0.15) is 5.76 Å². The molecular weight excluding hydrogens is 268 g/mol. The Kier molecular flexibility index (Phi) is 5.78. The van der Waals surface area contributed by atoms with Crippen LogP contribution in [0.15, 0.2) is 4.52 Å². The maximum atomic E-state index is 12.1. The van der Waals surface area contributed by atoms with E-state index in [1.165, 1.54) is 0 Å². The van der Waals surface area contributed by atoms with Crippen molar-refractivity contribution in [2.75, 3.05) is 20.6 Å². The number of aromatic nitrogens is 1. The summed E-state index contributed by atoms with van der Waals surface area (Å²) >= 11 is 0. The number of amides is 2. The summed E-state index contributed by atoms with van der Waals surface area (Å²) in [5.74, 6) is 0.758.